The fraction of sp³-hybridized carbons (Fsp3) is 0.300. The summed E-state index contributed by atoms with van der Waals surface area (Å²) in [7, 11) is 0. The molecule has 0 aromatic heterocycles. The van der Waals surface area contributed by atoms with Crippen molar-refractivity contribution in [3.8, 4) is 0 Å². The zero-order valence-electron chi connectivity index (χ0n) is 7.53. The number of fused-ring (bicyclic) bond motifs is 1. The molecule has 4 heteroatoms. The summed E-state index contributed by atoms with van der Waals surface area (Å²) in [6, 6.07) is 5.07. The van der Waals surface area contributed by atoms with Gasteiger partial charge in [0, 0.05) is 5.69 Å². The standard InChI is InChI=1S/C10H11NO3/c12-5-6-4-8-7(10(13)14)2-1-3-9(8)11-6/h1-3,6,11-12H,4-5H2,(H,13,14)/t6-/m1/s1. The van der Waals surface area contributed by atoms with Gasteiger partial charge in [-0.1, -0.05) is 6.07 Å². The van der Waals surface area contributed by atoms with E-state index in [2.05, 4.69) is 5.32 Å². The number of rotatable bonds is 2. The Morgan fingerprint density at radius 1 is 1.57 bits per heavy atom. The van der Waals surface area contributed by atoms with Crippen molar-refractivity contribution < 1.29 is 15.0 Å². The highest BCUT2D eigenvalue weighted by molar-refractivity contribution is 5.92. The van der Waals surface area contributed by atoms with Gasteiger partial charge in [0.1, 0.15) is 0 Å². The molecule has 3 N–H and O–H groups in total. The van der Waals surface area contributed by atoms with Crippen molar-refractivity contribution in [1.82, 2.24) is 0 Å². The van der Waals surface area contributed by atoms with Gasteiger partial charge in [-0.05, 0) is 24.1 Å². The van der Waals surface area contributed by atoms with Crippen LogP contribution in [0.1, 0.15) is 15.9 Å². The average molecular weight is 193 g/mol. The monoisotopic (exact) mass is 193 g/mol. The van der Waals surface area contributed by atoms with Gasteiger partial charge in [0.2, 0.25) is 0 Å². The fourth-order valence-corrected chi connectivity index (χ4v) is 1.77. The minimum absolute atomic E-state index is 0.0216. The molecule has 0 amide bonds. The Labute approximate surface area is 81.2 Å². The molecule has 2 rings (SSSR count). The van der Waals surface area contributed by atoms with Crippen LogP contribution in [0, 0.1) is 0 Å². The summed E-state index contributed by atoms with van der Waals surface area (Å²) in [6.07, 6.45) is 0.578. The molecular weight excluding hydrogens is 182 g/mol. The van der Waals surface area contributed by atoms with Gasteiger partial charge in [-0.25, -0.2) is 4.79 Å². The van der Waals surface area contributed by atoms with Crippen molar-refractivity contribution in [3.63, 3.8) is 0 Å². The SMILES string of the molecule is O=C(O)c1cccc2c1C[C@H](CO)N2. The largest absolute Gasteiger partial charge is 0.478 e. The summed E-state index contributed by atoms with van der Waals surface area (Å²) in [5, 5.41) is 20.9. The minimum Gasteiger partial charge on any atom is -0.478 e. The number of carboxylic acids is 1. The predicted molar refractivity (Wildman–Crippen MR) is 51.6 cm³/mol. The van der Waals surface area contributed by atoms with Gasteiger partial charge < -0.3 is 15.5 Å². The van der Waals surface area contributed by atoms with E-state index in [1.54, 1.807) is 12.1 Å². The van der Waals surface area contributed by atoms with Gasteiger partial charge in [0.05, 0.1) is 18.2 Å². The van der Waals surface area contributed by atoms with Gasteiger partial charge in [0.15, 0.2) is 0 Å². The molecule has 14 heavy (non-hydrogen) atoms. The predicted octanol–water partition coefficient (Wildman–Crippen LogP) is 0.714. The number of benzene rings is 1. The second kappa shape index (κ2) is 3.31. The summed E-state index contributed by atoms with van der Waals surface area (Å²) >= 11 is 0. The maximum Gasteiger partial charge on any atom is 0.336 e. The molecule has 1 aliphatic rings. The van der Waals surface area contributed by atoms with Crippen LogP contribution in [0.2, 0.25) is 0 Å². The number of hydrogen-bond acceptors (Lipinski definition) is 3. The van der Waals surface area contributed by atoms with Gasteiger partial charge in [0.25, 0.3) is 0 Å². The molecule has 1 heterocycles. The Hall–Kier alpha value is -1.55. The molecule has 1 aliphatic heterocycles. The van der Waals surface area contributed by atoms with E-state index >= 15 is 0 Å². The number of anilines is 1. The van der Waals surface area contributed by atoms with Crippen LogP contribution < -0.4 is 5.32 Å². The summed E-state index contributed by atoms with van der Waals surface area (Å²) < 4.78 is 0. The van der Waals surface area contributed by atoms with Gasteiger partial charge in [-0.15, -0.1) is 0 Å². The molecule has 0 aliphatic carbocycles. The van der Waals surface area contributed by atoms with Gasteiger partial charge >= 0.3 is 5.97 Å². The van der Waals surface area contributed by atoms with Crippen molar-refractivity contribution in [2.75, 3.05) is 11.9 Å². The number of carbonyl (C=O) groups is 1. The van der Waals surface area contributed by atoms with E-state index in [1.165, 1.54) is 0 Å². The molecule has 0 fully saturated rings. The number of nitrogens with one attached hydrogen (secondary N) is 1. The summed E-state index contributed by atoms with van der Waals surface area (Å²) in [4.78, 5) is 10.9. The van der Waals surface area contributed by atoms with Crippen molar-refractivity contribution in [2.24, 2.45) is 0 Å². The quantitative estimate of drug-likeness (QED) is 0.647. The molecular formula is C10H11NO3. The van der Waals surface area contributed by atoms with E-state index in [-0.39, 0.29) is 12.6 Å². The first kappa shape index (κ1) is 9.02. The number of aliphatic hydroxyl groups is 1. The zero-order chi connectivity index (χ0) is 10.1. The van der Waals surface area contributed by atoms with E-state index in [0.717, 1.165) is 11.3 Å². The molecule has 74 valence electrons. The number of hydrogen-bond donors (Lipinski definition) is 3. The highest BCUT2D eigenvalue weighted by atomic mass is 16.4. The van der Waals surface area contributed by atoms with Crippen LogP contribution in [0.25, 0.3) is 0 Å². The van der Waals surface area contributed by atoms with E-state index in [9.17, 15) is 4.79 Å². The Morgan fingerprint density at radius 2 is 2.36 bits per heavy atom. The van der Waals surface area contributed by atoms with Crippen molar-refractivity contribution in [3.05, 3.63) is 29.3 Å². The number of carboxylic acid groups (broad SMARTS) is 1. The van der Waals surface area contributed by atoms with Crippen LogP contribution in [0.15, 0.2) is 18.2 Å². The smallest absolute Gasteiger partial charge is 0.336 e. The molecule has 0 saturated heterocycles. The Morgan fingerprint density at radius 3 is 3.00 bits per heavy atom. The molecule has 0 radical (unpaired) electrons. The normalized spacial score (nSPS) is 18.8. The Bertz CT molecular complexity index is 376. The summed E-state index contributed by atoms with van der Waals surface area (Å²) in [5.41, 5.74) is 1.94. The van der Waals surface area contributed by atoms with E-state index < -0.39 is 5.97 Å². The first-order valence-corrected chi connectivity index (χ1v) is 4.45. The molecule has 4 nitrogen and oxygen atoms in total. The second-order valence-corrected chi connectivity index (χ2v) is 3.36. The third kappa shape index (κ3) is 1.33. The third-order valence-electron chi connectivity index (χ3n) is 2.44. The molecule has 0 saturated carbocycles. The molecule has 1 aromatic rings. The molecule has 0 spiro atoms. The summed E-state index contributed by atoms with van der Waals surface area (Å²) in [6.45, 7) is 0.0216. The van der Waals surface area contributed by atoms with Crippen LogP contribution in [-0.4, -0.2) is 28.8 Å². The van der Waals surface area contributed by atoms with E-state index in [4.69, 9.17) is 10.2 Å². The lowest BCUT2D eigenvalue weighted by Gasteiger charge is -2.04. The van der Waals surface area contributed by atoms with Gasteiger partial charge in [-0.3, -0.25) is 0 Å². The van der Waals surface area contributed by atoms with Crippen molar-refractivity contribution in [2.45, 2.75) is 12.5 Å². The second-order valence-electron chi connectivity index (χ2n) is 3.36. The Kier molecular flexibility index (Phi) is 2.13. The van der Waals surface area contributed by atoms with E-state index in [1.807, 2.05) is 6.07 Å². The van der Waals surface area contributed by atoms with Crippen molar-refractivity contribution in [1.29, 1.82) is 0 Å². The molecule has 0 bridgehead atoms. The van der Waals surface area contributed by atoms with E-state index in [0.29, 0.717) is 12.0 Å². The van der Waals surface area contributed by atoms with Crippen LogP contribution in [-0.2, 0) is 6.42 Å². The molecule has 1 aromatic carbocycles. The Balaban J connectivity index is 2.41. The lowest BCUT2D eigenvalue weighted by molar-refractivity contribution is 0.0696. The summed E-state index contributed by atoms with van der Waals surface area (Å²) in [5.74, 6) is -0.915. The van der Waals surface area contributed by atoms with Crippen LogP contribution in [0.5, 0.6) is 0 Å². The lowest BCUT2D eigenvalue weighted by atomic mass is 10.0. The topological polar surface area (TPSA) is 69.6 Å². The molecule has 0 unspecified atom stereocenters. The van der Waals surface area contributed by atoms with Crippen LogP contribution >= 0.6 is 0 Å². The zero-order valence-corrected chi connectivity index (χ0v) is 7.53. The average Bonchev–Trinajstić information content (AvgIpc) is 2.59. The minimum atomic E-state index is -0.915. The lowest BCUT2D eigenvalue weighted by Crippen LogP contribution is -2.19. The van der Waals surface area contributed by atoms with Crippen LogP contribution in [0.4, 0.5) is 5.69 Å². The highest BCUT2D eigenvalue weighted by Crippen LogP contribution is 2.28. The van der Waals surface area contributed by atoms with Crippen molar-refractivity contribution >= 4 is 11.7 Å². The number of aromatic carboxylic acids is 1. The fourth-order valence-electron chi connectivity index (χ4n) is 1.77. The third-order valence-corrected chi connectivity index (χ3v) is 2.44. The van der Waals surface area contributed by atoms with Gasteiger partial charge in [-0.2, -0.15) is 0 Å². The molecule has 1 atom stereocenters. The highest BCUT2D eigenvalue weighted by Gasteiger charge is 2.24. The first-order chi connectivity index (χ1) is 6.72. The first-order valence-electron chi connectivity index (χ1n) is 4.45. The van der Waals surface area contributed by atoms with Crippen LogP contribution in [0.3, 0.4) is 0 Å². The maximum atomic E-state index is 10.9. The number of aliphatic hydroxyl groups excluding tert-OH is 1. The maximum absolute atomic E-state index is 10.9.